The fraction of sp³-hybridized carbons (Fsp3) is 0.455. The number of carbonyl (C=O) groups is 2. The Labute approximate surface area is 89.6 Å². The van der Waals surface area contributed by atoms with E-state index in [4.69, 9.17) is 9.47 Å². The molecule has 0 heterocycles. The first-order valence-electron chi connectivity index (χ1n) is 4.70. The zero-order valence-corrected chi connectivity index (χ0v) is 9.12. The molecule has 0 saturated carbocycles. The summed E-state index contributed by atoms with van der Waals surface area (Å²) in [4.78, 5) is 22.1. The lowest BCUT2D eigenvalue weighted by molar-refractivity contribution is -0.182. The maximum absolute atomic E-state index is 11.2. The third-order valence-electron chi connectivity index (χ3n) is 1.53. The SMILES string of the molecule is C=CC(=O)OC(CCC)OC(=O)C(=C)C. The Morgan fingerprint density at radius 1 is 1.40 bits per heavy atom. The molecule has 0 spiro atoms. The van der Waals surface area contributed by atoms with Crippen molar-refractivity contribution in [3.05, 3.63) is 24.8 Å². The molecule has 0 fully saturated rings. The van der Waals surface area contributed by atoms with Gasteiger partial charge in [-0.2, -0.15) is 0 Å². The lowest BCUT2D eigenvalue weighted by Crippen LogP contribution is -2.24. The molecule has 0 aliphatic rings. The molecule has 1 unspecified atom stereocenters. The monoisotopic (exact) mass is 212 g/mol. The van der Waals surface area contributed by atoms with E-state index in [2.05, 4.69) is 13.2 Å². The molecule has 0 radical (unpaired) electrons. The zero-order valence-electron chi connectivity index (χ0n) is 9.12. The summed E-state index contributed by atoms with van der Waals surface area (Å²) in [6.07, 6.45) is 1.36. The summed E-state index contributed by atoms with van der Waals surface area (Å²) in [6.45, 7) is 10.1. The average Bonchev–Trinajstić information content (AvgIpc) is 2.17. The van der Waals surface area contributed by atoms with Crippen molar-refractivity contribution in [3.63, 3.8) is 0 Å². The van der Waals surface area contributed by atoms with Gasteiger partial charge >= 0.3 is 11.9 Å². The van der Waals surface area contributed by atoms with Crippen LogP contribution in [0.3, 0.4) is 0 Å². The third kappa shape index (κ3) is 5.67. The molecule has 0 aromatic heterocycles. The molecule has 1 atom stereocenters. The van der Waals surface area contributed by atoms with Crippen molar-refractivity contribution < 1.29 is 19.1 Å². The van der Waals surface area contributed by atoms with E-state index in [1.807, 2.05) is 6.92 Å². The van der Waals surface area contributed by atoms with Gasteiger partial charge in [0.25, 0.3) is 0 Å². The Balaban J connectivity index is 4.26. The molecule has 4 heteroatoms. The Morgan fingerprint density at radius 3 is 2.40 bits per heavy atom. The minimum atomic E-state index is -0.857. The first-order valence-corrected chi connectivity index (χ1v) is 4.70. The molecule has 0 aromatic carbocycles. The average molecular weight is 212 g/mol. The molecule has 4 nitrogen and oxygen atoms in total. The van der Waals surface area contributed by atoms with Crippen molar-refractivity contribution >= 4 is 11.9 Å². The van der Waals surface area contributed by atoms with E-state index in [1.54, 1.807) is 0 Å². The van der Waals surface area contributed by atoms with Gasteiger partial charge in [-0.3, -0.25) is 0 Å². The second kappa shape index (κ2) is 6.81. The minimum absolute atomic E-state index is 0.269. The van der Waals surface area contributed by atoms with E-state index in [-0.39, 0.29) is 5.57 Å². The normalized spacial score (nSPS) is 11.3. The number of rotatable bonds is 6. The number of hydrogen-bond acceptors (Lipinski definition) is 4. The highest BCUT2D eigenvalue weighted by molar-refractivity contribution is 5.87. The first-order chi connectivity index (χ1) is 7.01. The van der Waals surface area contributed by atoms with Crippen LogP contribution in [0.15, 0.2) is 24.8 Å². The fourth-order valence-electron chi connectivity index (χ4n) is 0.775. The molecule has 0 aliphatic heterocycles. The van der Waals surface area contributed by atoms with Crippen LogP contribution in [-0.2, 0) is 19.1 Å². The highest BCUT2D eigenvalue weighted by Crippen LogP contribution is 2.07. The summed E-state index contributed by atoms with van der Waals surface area (Å²) in [7, 11) is 0. The van der Waals surface area contributed by atoms with E-state index < -0.39 is 18.2 Å². The van der Waals surface area contributed by atoms with Gasteiger partial charge < -0.3 is 9.47 Å². The molecule has 84 valence electrons. The summed E-state index contributed by atoms with van der Waals surface area (Å²) >= 11 is 0. The van der Waals surface area contributed by atoms with Crippen LogP contribution in [0.1, 0.15) is 26.7 Å². The topological polar surface area (TPSA) is 52.6 Å². The van der Waals surface area contributed by atoms with Crippen molar-refractivity contribution in [1.82, 2.24) is 0 Å². The van der Waals surface area contributed by atoms with Crippen LogP contribution in [0.5, 0.6) is 0 Å². The quantitative estimate of drug-likeness (QED) is 0.383. The van der Waals surface area contributed by atoms with Gasteiger partial charge in [0.2, 0.25) is 6.29 Å². The summed E-state index contributed by atoms with van der Waals surface area (Å²) in [6, 6.07) is 0. The van der Waals surface area contributed by atoms with E-state index in [9.17, 15) is 9.59 Å². The van der Waals surface area contributed by atoms with E-state index in [0.717, 1.165) is 12.5 Å². The predicted octanol–water partition coefficient (Wildman–Crippen LogP) is 1.96. The first kappa shape index (κ1) is 13.4. The molecule has 0 rings (SSSR count). The number of hydrogen-bond donors (Lipinski definition) is 0. The number of ether oxygens (including phenoxy) is 2. The van der Waals surface area contributed by atoms with Crippen LogP contribution in [0.4, 0.5) is 0 Å². The van der Waals surface area contributed by atoms with Gasteiger partial charge in [0.05, 0.1) is 0 Å². The lowest BCUT2D eigenvalue weighted by Gasteiger charge is -2.16. The second-order valence-corrected chi connectivity index (χ2v) is 3.04. The Bertz CT molecular complexity index is 268. The summed E-state index contributed by atoms with van der Waals surface area (Å²) < 4.78 is 9.72. The molecule has 0 N–H and O–H groups in total. The van der Waals surface area contributed by atoms with Crippen molar-refractivity contribution in [2.45, 2.75) is 33.0 Å². The van der Waals surface area contributed by atoms with E-state index in [0.29, 0.717) is 6.42 Å². The molecular weight excluding hydrogens is 196 g/mol. The Hall–Kier alpha value is -1.58. The molecule has 0 amide bonds. The third-order valence-corrected chi connectivity index (χ3v) is 1.53. The molecular formula is C11H16O4. The van der Waals surface area contributed by atoms with Gasteiger partial charge in [0.15, 0.2) is 0 Å². The summed E-state index contributed by atoms with van der Waals surface area (Å²) in [5, 5.41) is 0. The largest absolute Gasteiger partial charge is 0.422 e. The Morgan fingerprint density at radius 2 is 2.00 bits per heavy atom. The van der Waals surface area contributed by atoms with Crippen molar-refractivity contribution in [2.75, 3.05) is 0 Å². The van der Waals surface area contributed by atoms with Crippen molar-refractivity contribution in [3.8, 4) is 0 Å². The van der Waals surface area contributed by atoms with Gasteiger partial charge in [0.1, 0.15) is 0 Å². The van der Waals surface area contributed by atoms with Crippen LogP contribution in [-0.4, -0.2) is 18.2 Å². The molecule has 0 bridgehead atoms. The van der Waals surface area contributed by atoms with Crippen molar-refractivity contribution in [2.24, 2.45) is 0 Å². The van der Waals surface area contributed by atoms with E-state index >= 15 is 0 Å². The van der Waals surface area contributed by atoms with Gasteiger partial charge in [-0.1, -0.05) is 20.1 Å². The van der Waals surface area contributed by atoms with Crippen LogP contribution in [0.2, 0.25) is 0 Å². The highest BCUT2D eigenvalue weighted by Gasteiger charge is 2.16. The van der Waals surface area contributed by atoms with Crippen LogP contribution < -0.4 is 0 Å². The second-order valence-electron chi connectivity index (χ2n) is 3.04. The lowest BCUT2D eigenvalue weighted by atomic mass is 10.3. The van der Waals surface area contributed by atoms with Gasteiger partial charge in [-0.25, -0.2) is 9.59 Å². The Kier molecular flexibility index (Phi) is 6.09. The molecule has 0 aromatic rings. The fourth-order valence-corrected chi connectivity index (χ4v) is 0.775. The number of carbonyl (C=O) groups excluding carboxylic acids is 2. The highest BCUT2D eigenvalue weighted by atomic mass is 16.7. The summed E-state index contributed by atoms with van der Waals surface area (Å²) in [5.74, 6) is -1.17. The van der Waals surface area contributed by atoms with Crippen LogP contribution in [0.25, 0.3) is 0 Å². The molecule has 15 heavy (non-hydrogen) atoms. The maximum Gasteiger partial charge on any atom is 0.336 e. The standard InChI is InChI=1S/C11H16O4/c1-5-7-10(14-9(12)6-2)15-11(13)8(3)4/h6,10H,2-3,5,7H2,1,4H3. The molecule has 0 aliphatic carbocycles. The smallest absolute Gasteiger partial charge is 0.336 e. The minimum Gasteiger partial charge on any atom is -0.422 e. The van der Waals surface area contributed by atoms with Gasteiger partial charge in [0, 0.05) is 18.1 Å². The summed E-state index contributed by atoms with van der Waals surface area (Å²) in [5.41, 5.74) is 0.269. The predicted molar refractivity (Wildman–Crippen MR) is 55.9 cm³/mol. The maximum atomic E-state index is 11.2. The van der Waals surface area contributed by atoms with E-state index in [1.165, 1.54) is 6.92 Å². The van der Waals surface area contributed by atoms with Crippen LogP contribution in [0, 0.1) is 0 Å². The van der Waals surface area contributed by atoms with Gasteiger partial charge in [-0.15, -0.1) is 0 Å². The molecule has 0 saturated heterocycles. The number of esters is 2. The zero-order chi connectivity index (χ0) is 11.8. The van der Waals surface area contributed by atoms with Crippen LogP contribution >= 0.6 is 0 Å². The van der Waals surface area contributed by atoms with Gasteiger partial charge in [-0.05, 0) is 13.3 Å². The van der Waals surface area contributed by atoms with Crippen molar-refractivity contribution in [1.29, 1.82) is 0 Å².